The van der Waals surface area contributed by atoms with Crippen LogP contribution >= 0.6 is 0 Å². The van der Waals surface area contributed by atoms with Crippen molar-refractivity contribution in [2.45, 2.75) is 65.5 Å². The number of anilines is 1. The van der Waals surface area contributed by atoms with E-state index in [0.717, 1.165) is 53.0 Å². The fourth-order valence-corrected chi connectivity index (χ4v) is 5.57. The fourth-order valence-electron chi connectivity index (χ4n) is 5.57. The van der Waals surface area contributed by atoms with E-state index in [1.54, 1.807) is 0 Å². The van der Waals surface area contributed by atoms with Gasteiger partial charge in [-0.15, -0.1) is 0 Å². The van der Waals surface area contributed by atoms with Crippen molar-refractivity contribution >= 4 is 22.6 Å². The first-order valence-corrected chi connectivity index (χ1v) is 11.7. The van der Waals surface area contributed by atoms with Gasteiger partial charge in [-0.3, -0.25) is 9.59 Å². The molecule has 6 rings (SSSR count). The van der Waals surface area contributed by atoms with E-state index in [0.29, 0.717) is 18.5 Å². The third kappa shape index (κ3) is 2.74. The number of nitrogens with one attached hydrogen (secondary N) is 1. The van der Waals surface area contributed by atoms with E-state index in [1.807, 2.05) is 38.5 Å². The van der Waals surface area contributed by atoms with Crippen molar-refractivity contribution in [3.63, 3.8) is 0 Å². The number of carbonyl (C=O) groups excluding carboxylic acids is 1. The summed E-state index contributed by atoms with van der Waals surface area (Å²) >= 11 is 0. The summed E-state index contributed by atoms with van der Waals surface area (Å²) in [6.45, 7) is 6.57. The van der Waals surface area contributed by atoms with Crippen molar-refractivity contribution < 1.29 is 9.53 Å². The molecule has 166 valence electrons. The average Bonchev–Trinajstić information content (AvgIpc) is 3.20. The van der Waals surface area contributed by atoms with E-state index in [9.17, 15) is 9.59 Å². The number of hydrogen-bond acceptors (Lipinski definition) is 5. The van der Waals surface area contributed by atoms with Gasteiger partial charge in [0.15, 0.2) is 0 Å². The SMILES string of the molecule is CC.CCC1C(=O)OCc2c1cc1n(c2=O)Cc2c-1nc1ccc(NC)c3c1c2CCC3. The number of cyclic esters (lactones) is 1. The molecule has 1 aromatic carbocycles. The number of aryl methyl sites for hydroxylation is 2. The van der Waals surface area contributed by atoms with Crippen LogP contribution in [-0.2, 0) is 35.5 Å². The second-order valence-electron chi connectivity index (χ2n) is 8.43. The lowest BCUT2D eigenvalue weighted by molar-refractivity contribution is -0.148. The minimum Gasteiger partial charge on any atom is -0.460 e. The Morgan fingerprint density at radius 2 is 1.91 bits per heavy atom. The zero-order chi connectivity index (χ0) is 22.6. The molecule has 32 heavy (non-hydrogen) atoms. The zero-order valence-corrected chi connectivity index (χ0v) is 19.2. The van der Waals surface area contributed by atoms with Crippen LogP contribution in [-0.4, -0.2) is 22.6 Å². The first-order chi connectivity index (χ1) is 15.6. The van der Waals surface area contributed by atoms with E-state index < -0.39 is 0 Å². The Balaban J connectivity index is 0.00000105. The van der Waals surface area contributed by atoms with Crippen LogP contribution in [0.25, 0.3) is 22.3 Å². The van der Waals surface area contributed by atoms with Gasteiger partial charge in [-0.2, -0.15) is 0 Å². The minimum atomic E-state index is -0.375. The lowest BCUT2D eigenvalue weighted by Crippen LogP contribution is -2.32. The van der Waals surface area contributed by atoms with Crippen LogP contribution in [0.3, 0.4) is 0 Å². The molecule has 1 N–H and O–H groups in total. The van der Waals surface area contributed by atoms with E-state index in [1.165, 1.54) is 16.5 Å². The molecule has 2 aliphatic heterocycles. The highest BCUT2D eigenvalue weighted by Gasteiger charge is 2.35. The van der Waals surface area contributed by atoms with Crippen molar-refractivity contribution in [2.24, 2.45) is 0 Å². The quantitative estimate of drug-likeness (QED) is 0.472. The molecule has 1 aliphatic carbocycles. The highest BCUT2D eigenvalue weighted by Crippen LogP contribution is 2.42. The van der Waals surface area contributed by atoms with Gasteiger partial charge < -0.3 is 14.6 Å². The summed E-state index contributed by atoms with van der Waals surface area (Å²) in [6, 6.07) is 6.20. The maximum Gasteiger partial charge on any atom is 0.313 e. The third-order valence-corrected chi connectivity index (χ3v) is 7.02. The topological polar surface area (TPSA) is 73.2 Å². The molecule has 6 heteroatoms. The molecule has 0 saturated heterocycles. The van der Waals surface area contributed by atoms with Gasteiger partial charge in [0, 0.05) is 23.7 Å². The number of hydrogen-bond donors (Lipinski definition) is 1. The Labute approximate surface area is 187 Å². The highest BCUT2D eigenvalue weighted by molar-refractivity contribution is 5.94. The van der Waals surface area contributed by atoms with Crippen LogP contribution in [0.5, 0.6) is 0 Å². The monoisotopic (exact) mass is 431 g/mol. The Bertz CT molecular complexity index is 1320. The van der Waals surface area contributed by atoms with Crippen molar-refractivity contribution in [1.29, 1.82) is 0 Å². The van der Waals surface area contributed by atoms with Gasteiger partial charge >= 0.3 is 5.97 Å². The van der Waals surface area contributed by atoms with Crippen LogP contribution in [0, 0.1) is 0 Å². The Kier molecular flexibility index (Phi) is 5.03. The van der Waals surface area contributed by atoms with Crippen LogP contribution in [0.15, 0.2) is 23.0 Å². The van der Waals surface area contributed by atoms with Gasteiger partial charge in [-0.05, 0) is 60.6 Å². The Morgan fingerprint density at radius 1 is 1.12 bits per heavy atom. The number of benzene rings is 1. The number of aromatic nitrogens is 2. The Morgan fingerprint density at radius 3 is 2.66 bits per heavy atom. The number of carbonyl (C=O) groups is 1. The first kappa shape index (κ1) is 20.7. The normalized spacial score (nSPS) is 17.6. The van der Waals surface area contributed by atoms with E-state index >= 15 is 0 Å². The maximum absolute atomic E-state index is 13.4. The summed E-state index contributed by atoms with van der Waals surface area (Å²) in [7, 11) is 1.96. The summed E-state index contributed by atoms with van der Waals surface area (Å²) in [5, 5.41) is 4.57. The molecule has 0 radical (unpaired) electrons. The third-order valence-electron chi connectivity index (χ3n) is 7.02. The van der Waals surface area contributed by atoms with E-state index in [2.05, 4.69) is 17.4 Å². The summed E-state index contributed by atoms with van der Waals surface area (Å²) in [6.07, 6.45) is 3.76. The molecule has 0 bridgehead atoms. The lowest BCUT2D eigenvalue weighted by Gasteiger charge is -2.24. The molecule has 4 heterocycles. The molecule has 6 nitrogen and oxygen atoms in total. The first-order valence-electron chi connectivity index (χ1n) is 11.7. The zero-order valence-electron chi connectivity index (χ0n) is 19.2. The van der Waals surface area contributed by atoms with Crippen LogP contribution in [0.4, 0.5) is 5.69 Å². The molecule has 0 fully saturated rings. The molecule has 2 aromatic heterocycles. The number of fused-ring (bicyclic) bond motifs is 5. The molecule has 0 saturated carbocycles. The van der Waals surface area contributed by atoms with E-state index in [4.69, 9.17) is 9.72 Å². The predicted octanol–water partition coefficient (Wildman–Crippen LogP) is 4.53. The predicted molar refractivity (Wildman–Crippen MR) is 126 cm³/mol. The van der Waals surface area contributed by atoms with Crippen molar-refractivity contribution in [1.82, 2.24) is 9.55 Å². The lowest BCUT2D eigenvalue weighted by atomic mass is 9.86. The van der Waals surface area contributed by atoms with Crippen molar-refractivity contribution in [3.8, 4) is 11.4 Å². The molecule has 0 spiro atoms. The summed E-state index contributed by atoms with van der Waals surface area (Å²) < 4.78 is 7.13. The number of esters is 1. The van der Waals surface area contributed by atoms with Crippen molar-refractivity contribution in [2.75, 3.05) is 12.4 Å². The summed E-state index contributed by atoms with van der Waals surface area (Å²) in [5.41, 5.74) is 9.10. The van der Waals surface area contributed by atoms with Gasteiger partial charge in [-0.25, -0.2) is 4.98 Å². The highest BCUT2D eigenvalue weighted by atomic mass is 16.5. The molecule has 3 aliphatic rings. The molecule has 1 atom stereocenters. The standard InChI is InChI=1S/C24H23N3O3.C2H6/c1-3-12-15-9-20-22-16(10-27(20)23(28)17(15)11-30-24(12)29)13-5-4-6-14-18(25-2)7-8-19(26-22)21(13)14;1-2/h7-9,12,25H,3-6,10-11H2,1-2H3;1-2H3. The molecule has 1 unspecified atom stereocenters. The molecular formula is C26H29N3O3. The second-order valence-corrected chi connectivity index (χ2v) is 8.43. The number of nitrogens with zero attached hydrogens (tertiary/aromatic N) is 2. The smallest absolute Gasteiger partial charge is 0.313 e. The summed E-state index contributed by atoms with van der Waals surface area (Å²) in [4.78, 5) is 30.7. The molecule has 0 amide bonds. The van der Waals surface area contributed by atoms with Crippen LogP contribution < -0.4 is 10.9 Å². The Hall–Kier alpha value is -3.15. The van der Waals surface area contributed by atoms with Gasteiger partial charge in [0.25, 0.3) is 5.56 Å². The average molecular weight is 432 g/mol. The maximum atomic E-state index is 13.4. The van der Waals surface area contributed by atoms with Gasteiger partial charge in [0.1, 0.15) is 6.61 Å². The number of pyridine rings is 2. The fraction of sp³-hybridized carbons (Fsp3) is 0.423. The van der Waals surface area contributed by atoms with Crippen LogP contribution in [0.1, 0.15) is 67.3 Å². The number of ether oxygens (including phenoxy) is 1. The molecule has 3 aromatic rings. The largest absolute Gasteiger partial charge is 0.460 e. The second kappa shape index (κ2) is 7.76. The van der Waals surface area contributed by atoms with E-state index in [-0.39, 0.29) is 24.1 Å². The molecular weight excluding hydrogens is 402 g/mol. The number of rotatable bonds is 2. The van der Waals surface area contributed by atoms with Gasteiger partial charge in [0.2, 0.25) is 0 Å². The van der Waals surface area contributed by atoms with Crippen LogP contribution in [0.2, 0.25) is 0 Å². The minimum absolute atomic E-state index is 0.0466. The van der Waals surface area contributed by atoms with Gasteiger partial charge in [0.05, 0.1) is 34.9 Å². The summed E-state index contributed by atoms with van der Waals surface area (Å²) in [5.74, 6) is -0.613. The van der Waals surface area contributed by atoms with Crippen molar-refractivity contribution in [3.05, 3.63) is 56.4 Å². The van der Waals surface area contributed by atoms with Gasteiger partial charge in [-0.1, -0.05) is 20.8 Å².